The predicted octanol–water partition coefficient (Wildman–Crippen LogP) is 5.02. The molecule has 6 rings (SSSR count). The van der Waals surface area contributed by atoms with E-state index in [1.54, 1.807) is 35.0 Å². The lowest BCUT2D eigenvalue weighted by molar-refractivity contribution is -0.891. The second-order valence-electron chi connectivity index (χ2n) is 9.49. The molecule has 2 aromatic carbocycles. The van der Waals surface area contributed by atoms with Gasteiger partial charge in [0, 0.05) is 32.1 Å². The summed E-state index contributed by atoms with van der Waals surface area (Å²) in [4.78, 5) is 25.6. The van der Waals surface area contributed by atoms with Gasteiger partial charge in [-0.05, 0) is 66.1 Å². The molecule has 5 aromatic rings. The van der Waals surface area contributed by atoms with E-state index in [-0.39, 0.29) is 5.92 Å². The Morgan fingerprint density at radius 2 is 1.95 bits per heavy atom. The fourth-order valence-electron chi connectivity index (χ4n) is 5.24. The third-order valence-electron chi connectivity index (χ3n) is 7.10. The van der Waals surface area contributed by atoms with Gasteiger partial charge in [0.15, 0.2) is 5.15 Å². The lowest BCUT2D eigenvalue weighted by atomic mass is 9.85. The molecule has 208 valence electrons. The number of rotatable bonds is 6. The van der Waals surface area contributed by atoms with Gasteiger partial charge in [-0.25, -0.2) is 9.78 Å². The summed E-state index contributed by atoms with van der Waals surface area (Å²) in [5.41, 5.74) is 6.86. The molecule has 3 heterocycles. The lowest BCUT2D eigenvalue weighted by Crippen LogP contribution is -2.47. The number of imidazole rings is 1. The summed E-state index contributed by atoms with van der Waals surface area (Å²) in [6, 6.07) is 15.0. The molecule has 0 bridgehead atoms. The third kappa shape index (κ3) is 5.21. The number of carbonyl (C=O) groups is 1. The molecule has 11 nitrogen and oxygen atoms in total. The minimum absolute atomic E-state index is 0.0717. The van der Waals surface area contributed by atoms with Crippen LogP contribution in [0, 0.1) is 0 Å². The third-order valence-corrected chi connectivity index (χ3v) is 7.61. The average molecular weight is 592 g/mol. The zero-order valence-corrected chi connectivity index (χ0v) is 23.6. The number of aryl methyl sites for hydroxylation is 1. The van der Waals surface area contributed by atoms with Gasteiger partial charge in [-0.3, -0.25) is 10.2 Å². The monoisotopic (exact) mass is 591 g/mol. The van der Waals surface area contributed by atoms with Gasteiger partial charge in [0.2, 0.25) is 11.9 Å². The molecule has 1 amide bonds. The zero-order valence-electron chi connectivity index (χ0n) is 22.1. The molecular weight excluding hydrogens is 567 g/mol. The van der Waals surface area contributed by atoms with E-state index < -0.39 is 6.09 Å². The van der Waals surface area contributed by atoms with E-state index in [1.165, 1.54) is 7.11 Å². The highest BCUT2D eigenvalue weighted by molar-refractivity contribution is 6.32. The molecule has 1 aliphatic carbocycles. The molecule has 13 heteroatoms. The van der Waals surface area contributed by atoms with Gasteiger partial charge in [0.1, 0.15) is 25.2 Å². The summed E-state index contributed by atoms with van der Waals surface area (Å²) in [6.07, 6.45) is 5.66. The van der Waals surface area contributed by atoms with Crippen molar-refractivity contribution in [2.45, 2.75) is 25.2 Å². The van der Waals surface area contributed by atoms with Gasteiger partial charge in [-0.1, -0.05) is 35.3 Å². The van der Waals surface area contributed by atoms with Crippen LogP contribution in [-0.2, 0) is 11.2 Å². The largest absolute Gasteiger partial charge is 0.453 e. The van der Waals surface area contributed by atoms with Gasteiger partial charge in [0.05, 0.1) is 24.1 Å². The van der Waals surface area contributed by atoms with Crippen molar-refractivity contribution in [3.63, 3.8) is 0 Å². The van der Waals surface area contributed by atoms with Gasteiger partial charge >= 0.3 is 6.09 Å². The number of H-pyrrole nitrogens is 1. The Labute approximate surface area is 245 Å². The lowest BCUT2D eigenvalue weighted by Gasteiger charge is -2.21. The smallest absolute Gasteiger partial charge is 0.411 e. The molecule has 41 heavy (non-hydrogen) atoms. The molecule has 0 radical (unpaired) electrons. The van der Waals surface area contributed by atoms with Crippen LogP contribution in [0.2, 0.25) is 10.2 Å². The van der Waals surface area contributed by atoms with Crippen molar-refractivity contribution in [2.75, 3.05) is 19.5 Å². The van der Waals surface area contributed by atoms with E-state index in [9.17, 15) is 4.79 Å². The van der Waals surface area contributed by atoms with Crippen molar-refractivity contribution in [1.82, 2.24) is 30.2 Å². The zero-order chi connectivity index (χ0) is 28.5. The number of pyridine rings is 1. The maximum absolute atomic E-state index is 11.5. The first-order chi connectivity index (χ1) is 19.9. The highest BCUT2D eigenvalue weighted by Gasteiger charge is 2.36. The van der Waals surface area contributed by atoms with Gasteiger partial charge in [-0.15, -0.1) is 5.10 Å². The highest BCUT2D eigenvalue weighted by Crippen LogP contribution is 2.38. The number of ether oxygens (including phenoxy) is 1. The van der Waals surface area contributed by atoms with E-state index in [2.05, 4.69) is 36.6 Å². The average Bonchev–Trinajstić information content (AvgIpc) is 3.67. The molecule has 0 spiro atoms. The van der Waals surface area contributed by atoms with Crippen LogP contribution in [0.25, 0.3) is 28.1 Å². The maximum Gasteiger partial charge on any atom is 0.411 e. The fraction of sp³-hybridized carbons (Fsp3) is 0.214. The first-order valence-electron chi connectivity index (χ1n) is 12.8. The topological polar surface area (TPSA) is 124 Å². The Morgan fingerprint density at radius 3 is 2.68 bits per heavy atom. The first kappa shape index (κ1) is 26.7. The second-order valence-corrected chi connectivity index (χ2v) is 10.3. The van der Waals surface area contributed by atoms with E-state index in [1.807, 2.05) is 36.5 Å². The molecule has 3 aromatic heterocycles. The molecule has 2 N–H and O–H groups in total. The SMILES string of the molecule is COC(=O)Nc1ccc(-c2[nH]c(C3CCCc4cc(-c5cc(Cl)ccc5-n5cnnn5)c[n+](OC)c43)nc2Cl)cc1. The quantitative estimate of drug-likeness (QED) is 0.266. The number of tetrazole rings is 1. The van der Waals surface area contributed by atoms with Gasteiger partial charge < -0.3 is 9.72 Å². The molecule has 0 fully saturated rings. The number of carbonyl (C=O) groups excluding carboxylic acids is 1. The molecule has 0 aliphatic heterocycles. The molecule has 1 atom stereocenters. The van der Waals surface area contributed by atoms with Crippen LogP contribution < -0.4 is 14.9 Å². The number of hydrogen-bond acceptors (Lipinski definition) is 7. The summed E-state index contributed by atoms with van der Waals surface area (Å²) >= 11 is 13.0. The van der Waals surface area contributed by atoms with Crippen LogP contribution in [0.1, 0.15) is 35.8 Å². The van der Waals surface area contributed by atoms with Crippen LogP contribution in [0.3, 0.4) is 0 Å². The van der Waals surface area contributed by atoms with E-state index >= 15 is 0 Å². The Kier molecular flexibility index (Phi) is 7.29. The number of benzene rings is 2. The van der Waals surface area contributed by atoms with Crippen LogP contribution in [0.15, 0.2) is 61.1 Å². The van der Waals surface area contributed by atoms with Crippen LogP contribution >= 0.6 is 23.2 Å². The number of methoxy groups -OCH3 is 1. The summed E-state index contributed by atoms with van der Waals surface area (Å²) in [5.74, 6) is 0.677. The Balaban J connectivity index is 1.37. The minimum Gasteiger partial charge on any atom is -0.453 e. The molecule has 1 aliphatic rings. The van der Waals surface area contributed by atoms with E-state index in [0.29, 0.717) is 21.6 Å². The summed E-state index contributed by atoms with van der Waals surface area (Å²) in [6.45, 7) is 0. The van der Waals surface area contributed by atoms with Crippen molar-refractivity contribution in [3.05, 3.63) is 88.3 Å². The predicted molar refractivity (Wildman–Crippen MR) is 152 cm³/mol. The van der Waals surface area contributed by atoms with Crippen LogP contribution in [-0.4, -0.2) is 50.5 Å². The van der Waals surface area contributed by atoms with Crippen molar-refractivity contribution >= 4 is 35.0 Å². The number of aromatic nitrogens is 7. The molecule has 0 saturated heterocycles. The Hall–Kier alpha value is -4.48. The number of nitrogens with zero attached hydrogens (tertiary/aromatic N) is 6. The first-order valence-corrected chi connectivity index (χ1v) is 13.6. The number of nitrogens with one attached hydrogen (secondary N) is 2. The Bertz CT molecular complexity index is 1700. The minimum atomic E-state index is -0.535. The molecule has 0 saturated carbocycles. The van der Waals surface area contributed by atoms with Gasteiger partial charge in [0.25, 0.3) is 0 Å². The second kappa shape index (κ2) is 11.2. The number of amides is 1. The fourth-order valence-corrected chi connectivity index (χ4v) is 5.66. The number of aromatic amines is 1. The summed E-state index contributed by atoms with van der Waals surface area (Å²) < 4.78 is 8.05. The number of halogens is 2. The Morgan fingerprint density at radius 1 is 1.12 bits per heavy atom. The van der Waals surface area contributed by atoms with Crippen molar-refractivity contribution in [2.24, 2.45) is 0 Å². The van der Waals surface area contributed by atoms with E-state index in [0.717, 1.165) is 58.7 Å². The number of fused-ring (bicyclic) bond motifs is 1. The standard InChI is InChI=1S/C28H24Cl2N8O3/c1-40-28(39)32-20-9-6-16(7-10-20)24-26(30)34-27(33-24)21-5-3-4-17-12-18(14-38(41-2)25(17)21)22-13-19(29)8-11-23(22)37-15-31-35-36-37/h6-15,21H,3-5H2,1-2H3,(H-,32,33,34,35,36,39)/p+1. The summed E-state index contributed by atoms with van der Waals surface area (Å²) in [5, 5.41) is 15.2. The maximum atomic E-state index is 11.5. The van der Waals surface area contributed by atoms with E-state index in [4.69, 9.17) is 33.0 Å². The van der Waals surface area contributed by atoms with Crippen LogP contribution in [0.5, 0.6) is 0 Å². The van der Waals surface area contributed by atoms with Crippen LogP contribution in [0.4, 0.5) is 10.5 Å². The number of anilines is 1. The molecular formula is C28H25Cl2N8O3+. The highest BCUT2D eigenvalue weighted by atomic mass is 35.5. The van der Waals surface area contributed by atoms with Crippen molar-refractivity contribution in [3.8, 4) is 28.1 Å². The van der Waals surface area contributed by atoms with Gasteiger partial charge in [-0.2, -0.15) is 4.68 Å². The number of hydrogen-bond donors (Lipinski definition) is 2. The normalized spacial score (nSPS) is 14.4. The van der Waals surface area contributed by atoms with Crippen molar-refractivity contribution in [1.29, 1.82) is 0 Å². The van der Waals surface area contributed by atoms with Crippen molar-refractivity contribution < 1.29 is 19.1 Å². The molecule has 1 unspecified atom stereocenters. The summed E-state index contributed by atoms with van der Waals surface area (Å²) in [7, 11) is 2.96.